The first kappa shape index (κ1) is 44.9. The minimum atomic E-state index is -1.43. The molecule has 44 heavy (non-hydrogen) atoms. The second-order valence-electron chi connectivity index (χ2n) is 16.4. The van der Waals surface area contributed by atoms with Crippen LogP contribution in [0.15, 0.2) is 0 Å². The Morgan fingerprint density at radius 1 is 0.250 bits per heavy atom. The molecule has 0 aliphatic carbocycles. The van der Waals surface area contributed by atoms with Crippen molar-refractivity contribution < 1.29 is 0 Å². The van der Waals surface area contributed by atoms with Gasteiger partial charge < -0.3 is 0 Å². The summed E-state index contributed by atoms with van der Waals surface area (Å²) in [5.41, 5.74) is 0. The van der Waals surface area contributed by atoms with Crippen molar-refractivity contribution in [2.24, 2.45) is 0 Å². The third-order valence-corrected chi connectivity index (χ3v) is 12.9. The summed E-state index contributed by atoms with van der Waals surface area (Å²) in [6.07, 6.45) is 56.2. The van der Waals surface area contributed by atoms with Crippen LogP contribution >= 0.6 is 20.8 Å². The van der Waals surface area contributed by atoms with Gasteiger partial charge in [0.1, 0.15) is 0 Å². The predicted octanol–water partition coefficient (Wildman–Crippen LogP) is 17.2. The van der Waals surface area contributed by atoms with Crippen LogP contribution < -0.4 is 0 Å². The number of hydrogen-bond donors (Lipinski definition) is 0. The molecule has 0 aliphatic heterocycles. The molecule has 0 heterocycles. The van der Waals surface area contributed by atoms with Crippen LogP contribution in [0, 0.1) is 0 Å². The number of unbranched alkanes of at least 4 members (excludes halogenated alkanes) is 36. The number of hydrogen-bond acceptors (Lipinski definition) is 0. The van der Waals surface area contributed by atoms with E-state index in [4.69, 9.17) is 0 Å². The van der Waals surface area contributed by atoms with Gasteiger partial charge in [-0.05, 0) is 0 Å². The van der Waals surface area contributed by atoms with Crippen molar-refractivity contribution in [1.29, 1.82) is 0 Å². The Morgan fingerprint density at radius 2 is 0.386 bits per heavy atom. The Bertz CT molecular complexity index is 526. The van der Waals surface area contributed by atoms with Gasteiger partial charge in [0.2, 0.25) is 0 Å². The van der Waals surface area contributed by atoms with Crippen LogP contribution in [0.25, 0.3) is 0 Å². The first-order valence-electron chi connectivity index (χ1n) is 21.0. The maximum atomic E-state index is 3.99. The van der Waals surface area contributed by atoms with Crippen LogP contribution in [0.5, 0.6) is 0 Å². The zero-order valence-corrected chi connectivity index (χ0v) is 34.2. The quantitative estimate of drug-likeness (QED) is 0.0444. The summed E-state index contributed by atoms with van der Waals surface area (Å²) in [6.45, 7) is 9.63. The zero-order valence-electron chi connectivity index (χ0n) is 31.7. The molecular weight excluding hydrogens is 615 g/mol. The summed E-state index contributed by atoms with van der Waals surface area (Å²) < 4.78 is 0. The van der Waals surface area contributed by atoms with Crippen molar-refractivity contribution >= 4 is 20.8 Å². The average Bonchev–Trinajstić information content (AvgIpc) is 2.98. The molecule has 0 aromatic carbocycles. The molecule has 0 unspecified atom stereocenters. The van der Waals surface area contributed by atoms with Crippen molar-refractivity contribution in [3.05, 3.63) is 0 Å². The topological polar surface area (TPSA) is 0 Å². The van der Waals surface area contributed by atoms with Crippen LogP contribution in [0.3, 0.4) is 0 Å². The third-order valence-electron chi connectivity index (χ3n) is 10.0. The standard InChI is InChI=1S/C42H88BrP/c1-5-6-7-8-9-10-11-12-13-14-15-16-17-18-19-20-21-22-23-24-25-26-27-28-29-30-31-32-33-34-35-36-37-38-39-40-41-42-44(2,3,4)43/h5-42H2,1-4H3. The van der Waals surface area contributed by atoms with Gasteiger partial charge in [-0.2, -0.15) is 0 Å². The maximum absolute atomic E-state index is 3.99. The molecule has 0 saturated carbocycles. The molecule has 0 aromatic heterocycles. The van der Waals surface area contributed by atoms with Crippen molar-refractivity contribution in [1.82, 2.24) is 0 Å². The monoisotopic (exact) mass is 703 g/mol. The molecule has 2 heteroatoms. The molecule has 0 spiro atoms. The normalized spacial score (nSPS) is 13.0. The fourth-order valence-corrected chi connectivity index (χ4v) is 8.95. The zero-order chi connectivity index (χ0) is 32.3. The van der Waals surface area contributed by atoms with Gasteiger partial charge in [0, 0.05) is 0 Å². The molecule has 0 aromatic rings. The van der Waals surface area contributed by atoms with Gasteiger partial charge in [-0.3, -0.25) is 0 Å². The van der Waals surface area contributed by atoms with E-state index in [1.165, 1.54) is 244 Å². The van der Waals surface area contributed by atoms with E-state index in [1.807, 2.05) is 0 Å². The van der Waals surface area contributed by atoms with E-state index in [1.54, 1.807) is 0 Å². The van der Waals surface area contributed by atoms with Crippen molar-refractivity contribution in [3.8, 4) is 0 Å². The van der Waals surface area contributed by atoms with Gasteiger partial charge in [-0.25, -0.2) is 0 Å². The molecule has 0 rings (SSSR count). The Kier molecular flexibility index (Phi) is 34.5. The van der Waals surface area contributed by atoms with Crippen LogP contribution in [0.4, 0.5) is 0 Å². The molecule has 0 saturated heterocycles. The number of rotatable bonds is 38. The van der Waals surface area contributed by atoms with Crippen molar-refractivity contribution in [3.63, 3.8) is 0 Å². The Balaban J connectivity index is 3.07. The van der Waals surface area contributed by atoms with Gasteiger partial charge in [-0.1, -0.05) is 174 Å². The minimum absolute atomic E-state index is 1.37. The molecule has 0 atom stereocenters. The molecule has 0 N–H and O–H groups in total. The predicted molar refractivity (Wildman–Crippen MR) is 215 cm³/mol. The Labute approximate surface area is 290 Å². The van der Waals surface area contributed by atoms with Gasteiger partial charge in [0.15, 0.2) is 0 Å². The summed E-state index contributed by atoms with van der Waals surface area (Å²) in [5, 5.41) is -1.43. The summed E-state index contributed by atoms with van der Waals surface area (Å²) in [5.74, 6) is 0. The SMILES string of the molecule is CCCCCCCCCCCCCCCCCCCCCCCCCCCCCCCCCCCCCCCP(C)(C)(C)Br. The Morgan fingerprint density at radius 3 is 0.523 bits per heavy atom. The van der Waals surface area contributed by atoms with E-state index >= 15 is 0 Å². The van der Waals surface area contributed by atoms with E-state index in [2.05, 4.69) is 42.4 Å². The molecule has 0 aliphatic rings. The van der Waals surface area contributed by atoms with Crippen molar-refractivity contribution in [2.45, 2.75) is 244 Å². The van der Waals surface area contributed by atoms with E-state index in [-0.39, 0.29) is 0 Å². The summed E-state index contributed by atoms with van der Waals surface area (Å²) in [4.78, 5) is 0. The molecule has 0 nitrogen and oxygen atoms in total. The average molecular weight is 704 g/mol. The van der Waals surface area contributed by atoms with Crippen LogP contribution in [-0.4, -0.2) is 26.2 Å². The first-order chi connectivity index (χ1) is 21.3. The molecule has 0 radical (unpaired) electrons. The number of halogens is 1. The molecular formula is C42H88BrP. The molecule has 0 fully saturated rings. The Hall–Kier alpha value is 0.910. The van der Waals surface area contributed by atoms with E-state index in [0.29, 0.717) is 0 Å². The summed E-state index contributed by atoms with van der Waals surface area (Å²) >= 11 is 3.99. The fraction of sp³-hybridized carbons (Fsp3) is 1.00. The van der Waals surface area contributed by atoms with Crippen LogP contribution in [-0.2, 0) is 0 Å². The summed E-state index contributed by atoms with van der Waals surface area (Å²) in [7, 11) is 0. The van der Waals surface area contributed by atoms with Gasteiger partial charge in [-0.15, -0.1) is 0 Å². The van der Waals surface area contributed by atoms with E-state index in [9.17, 15) is 0 Å². The second-order valence-corrected chi connectivity index (χ2v) is 30.5. The van der Waals surface area contributed by atoms with Gasteiger partial charge >= 0.3 is 118 Å². The summed E-state index contributed by atoms with van der Waals surface area (Å²) in [6, 6.07) is 0. The third kappa shape index (κ3) is 42.9. The van der Waals surface area contributed by atoms with Crippen LogP contribution in [0.1, 0.15) is 244 Å². The van der Waals surface area contributed by atoms with E-state index in [0.717, 1.165) is 0 Å². The molecule has 0 bridgehead atoms. The molecule has 268 valence electrons. The molecule has 0 amide bonds. The fourth-order valence-electron chi connectivity index (χ4n) is 6.91. The second kappa shape index (κ2) is 33.8. The van der Waals surface area contributed by atoms with Gasteiger partial charge in [0.25, 0.3) is 0 Å². The van der Waals surface area contributed by atoms with Crippen LogP contribution in [0.2, 0.25) is 0 Å². The first-order valence-corrected chi connectivity index (χ1v) is 26.8. The van der Waals surface area contributed by atoms with E-state index < -0.39 is 5.31 Å². The van der Waals surface area contributed by atoms with Crippen molar-refractivity contribution in [2.75, 3.05) is 26.2 Å². The van der Waals surface area contributed by atoms with Gasteiger partial charge in [0.05, 0.1) is 0 Å².